The first-order chi connectivity index (χ1) is 11.1. The molecular weight excluding hydrogens is 286 g/mol. The lowest BCUT2D eigenvalue weighted by Crippen LogP contribution is -2.34. The summed E-state index contributed by atoms with van der Waals surface area (Å²) in [6.07, 6.45) is 4.98. The highest BCUT2D eigenvalue weighted by molar-refractivity contribution is 5.77. The van der Waals surface area contributed by atoms with E-state index in [0.717, 1.165) is 30.6 Å². The van der Waals surface area contributed by atoms with E-state index >= 15 is 0 Å². The number of pyridine rings is 1. The number of nitrogens with zero attached hydrogens (tertiary/aromatic N) is 3. The topological polar surface area (TPSA) is 36.4 Å². The van der Waals surface area contributed by atoms with Gasteiger partial charge in [-0.1, -0.05) is 24.3 Å². The Morgan fingerprint density at radius 2 is 2.04 bits per heavy atom. The molecule has 0 aliphatic carbocycles. The Morgan fingerprint density at radius 3 is 2.87 bits per heavy atom. The van der Waals surface area contributed by atoms with Crippen LogP contribution in [0.1, 0.15) is 23.1 Å². The lowest BCUT2D eigenvalue weighted by molar-refractivity contribution is -0.131. The van der Waals surface area contributed by atoms with Gasteiger partial charge in [-0.25, -0.2) is 0 Å². The standard InChI is InChI=1S/C19H23N3O/c1-15-11-16(13-20-12-15)7-8-19(23)22-10-9-21(2)18-6-4-3-5-17(18)14-22/h3-6,11-13H,7-10,14H2,1-2H3. The molecule has 1 aromatic heterocycles. The molecule has 2 heterocycles. The highest BCUT2D eigenvalue weighted by Crippen LogP contribution is 2.24. The van der Waals surface area contributed by atoms with Crippen molar-refractivity contribution in [3.63, 3.8) is 0 Å². The molecule has 1 aliphatic rings. The van der Waals surface area contributed by atoms with Crippen LogP contribution in [0.3, 0.4) is 0 Å². The first-order valence-electron chi connectivity index (χ1n) is 8.11. The Bertz CT molecular complexity index is 699. The van der Waals surface area contributed by atoms with Gasteiger partial charge in [0.2, 0.25) is 5.91 Å². The van der Waals surface area contributed by atoms with Crippen LogP contribution in [0.15, 0.2) is 42.7 Å². The molecule has 0 fully saturated rings. The maximum atomic E-state index is 12.6. The lowest BCUT2D eigenvalue weighted by atomic mass is 10.1. The number of para-hydroxylation sites is 1. The quantitative estimate of drug-likeness (QED) is 0.875. The normalized spacial score (nSPS) is 14.3. The Morgan fingerprint density at radius 1 is 1.22 bits per heavy atom. The number of carbonyl (C=O) groups is 1. The third-order valence-corrected chi connectivity index (χ3v) is 4.38. The molecule has 0 N–H and O–H groups in total. The van der Waals surface area contributed by atoms with Gasteiger partial charge in [0.05, 0.1) is 0 Å². The van der Waals surface area contributed by atoms with Gasteiger partial charge in [-0.3, -0.25) is 9.78 Å². The number of fused-ring (bicyclic) bond motifs is 1. The highest BCUT2D eigenvalue weighted by Gasteiger charge is 2.20. The van der Waals surface area contributed by atoms with Gasteiger partial charge in [0, 0.05) is 51.2 Å². The maximum absolute atomic E-state index is 12.6. The zero-order chi connectivity index (χ0) is 16.2. The van der Waals surface area contributed by atoms with E-state index in [0.29, 0.717) is 13.0 Å². The van der Waals surface area contributed by atoms with Crippen molar-refractivity contribution < 1.29 is 4.79 Å². The Labute approximate surface area is 137 Å². The number of aromatic nitrogens is 1. The number of carbonyl (C=O) groups excluding carboxylic acids is 1. The van der Waals surface area contributed by atoms with Crippen molar-refractivity contribution in [3.05, 3.63) is 59.4 Å². The molecule has 0 saturated heterocycles. The first-order valence-corrected chi connectivity index (χ1v) is 8.11. The SMILES string of the molecule is Cc1cncc(CCC(=O)N2CCN(C)c3ccccc3C2)c1. The average molecular weight is 309 g/mol. The Kier molecular flexibility index (Phi) is 4.60. The number of likely N-dealkylation sites (N-methyl/N-ethyl adjacent to an activating group) is 1. The summed E-state index contributed by atoms with van der Waals surface area (Å²) in [6.45, 7) is 4.37. The number of hydrogen-bond acceptors (Lipinski definition) is 3. The van der Waals surface area contributed by atoms with Gasteiger partial charge in [-0.2, -0.15) is 0 Å². The van der Waals surface area contributed by atoms with E-state index in [1.165, 1.54) is 11.3 Å². The summed E-state index contributed by atoms with van der Waals surface area (Å²) >= 11 is 0. The number of rotatable bonds is 3. The molecule has 0 spiro atoms. The van der Waals surface area contributed by atoms with Crippen LogP contribution in [0.5, 0.6) is 0 Å². The summed E-state index contributed by atoms with van der Waals surface area (Å²) in [5.74, 6) is 0.219. The summed E-state index contributed by atoms with van der Waals surface area (Å²) in [5, 5.41) is 0. The fraction of sp³-hybridized carbons (Fsp3) is 0.368. The number of anilines is 1. The predicted molar refractivity (Wildman–Crippen MR) is 92.4 cm³/mol. The lowest BCUT2D eigenvalue weighted by Gasteiger charge is -2.21. The van der Waals surface area contributed by atoms with Crippen molar-refractivity contribution in [1.29, 1.82) is 0 Å². The first kappa shape index (κ1) is 15.5. The van der Waals surface area contributed by atoms with Gasteiger partial charge in [0.1, 0.15) is 0 Å². The Balaban J connectivity index is 1.66. The third-order valence-electron chi connectivity index (χ3n) is 4.38. The number of amides is 1. The van der Waals surface area contributed by atoms with E-state index in [4.69, 9.17) is 0 Å². The van der Waals surface area contributed by atoms with Crippen LogP contribution in [0.4, 0.5) is 5.69 Å². The van der Waals surface area contributed by atoms with Crippen LogP contribution in [0.25, 0.3) is 0 Å². The van der Waals surface area contributed by atoms with Gasteiger partial charge in [0.15, 0.2) is 0 Å². The second-order valence-corrected chi connectivity index (χ2v) is 6.24. The molecule has 1 aliphatic heterocycles. The minimum absolute atomic E-state index is 0.219. The van der Waals surface area contributed by atoms with Crippen LogP contribution in [-0.2, 0) is 17.8 Å². The molecule has 4 heteroatoms. The second-order valence-electron chi connectivity index (χ2n) is 6.24. The molecule has 0 atom stereocenters. The minimum atomic E-state index is 0.219. The van der Waals surface area contributed by atoms with Gasteiger partial charge in [0.25, 0.3) is 0 Å². The molecular formula is C19H23N3O. The van der Waals surface area contributed by atoms with Gasteiger partial charge >= 0.3 is 0 Å². The average Bonchev–Trinajstić information content (AvgIpc) is 2.72. The van der Waals surface area contributed by atoms with Gasteiger partial charge < -0.3 is 9.80 Å². The number of hydrogen-bond donors (Lipinski definition) is 0. The molecule has 2 aromatic rings. The molecule has 0 radical (unpaired) electrons. The van der Waals surface area contributed by atoms with Crippen LogP contribution < -0.4 is 4.90 Å². The van der Waals surface area contributed by atoms with Crippen molar-refractivity contribution in [1.82, 2.24) is 9.88 Å². The van der Waals surface area contributed by atoms with Crippen molar-refractivity contribution in [2.75, 3.05) is 25.0 Å². The molecule has 1 amide bonds. The summed E-state index contributed by atoms with van der Waals surface area (Å²) in [6, 6.07) is 10.4. The molecule has 3 rings (SSSR count). The monoisotopic (exact) mass is 309 g/mol. The van der Waals surface area contributed by atoms with E-state index in [1.54, 1.807) is 0 Å². The number of benzene rings is 1. The van der Waals surface area contributed by atoms with Gasteiger partial charge in [-0.15, -0.1) is 0 Å². The van der Waals surface area contributed by atoms with Crippen LogP contribution in [0.2, 0.25) is 0 Å². The van der Waals surface area contributed by atoms with Crippen molar-refractivity contribution in [2.45, 2.75) is 26.3 Å². The summed E-state index contributed by atoms with van der Waals surface area (Å²) < 4.78 is 0. The zero-order valence-corrected chi connectivity index (χ0v) is 13.8. The van der Waals surface area contributed by atoms with Crippen molar-refractivity contribution in [2.24, 2.45) is 0 Å². The zero-order valence-electron chi connectivity index (χ0n) is 13.8. The number of aryl methyl sites for hydroxylation is 2. The highest BCUT2D eigenvalue weighted by atomic mass is 16.2. The fourth-order valence-corrected chi connectivity index (χ4v) is 3.07. The van der Waals surface area contributed by atoms with Crippen molar-refractivity contribution in [3.8, 4) is 0 Å². The van der Waals surface area contributed by atoms with Crippen molar-refractivity contribution >= 4 is 11.6 Å². The summed E-state index contributed by atoms with van der Waals surface area (Å²) in [7, 11) is 2.09. The molecule has 23 heavy (non-hydrogen) atoms. The molecule has 0 saturated carbocycles. The third kappa shape index (κ3) is 3.70. The summed E-state index contributed by atoms with van der Waals surface area (Å²) in [5.41, 5.74) is 4.72. The minimum Gasteiger partial charge on any atom is -0.373 e. The second kappa shape index (κ2) is 6.82. The van der Waals surface area contributed by atoms with E-state index in [1.807, 2.05) is 30.3 Å². The molecule has 4 nitrogen and oxygen atoms in total. The van der Waals surface area contributed by atoms with E-state index in [2.05, 4.69) is 41.2 Å². The fourth-order valence-electron chi connectivity index (χ4n) is 3.07. The van der Waals surface area contributed by atoms with Crippen LogP contribution in [-0.4, -0.2) is 35.9 Å². The Hall–Kier alpha value is -2.36. The molecule has 0 unspecified atom stereocenters. The molecule has 1 aromatic carbocycles. The van der Waals surface area contributed by atoms with Crippen LogP contribution in [0, 0.1) is 6.92 Å². The maximum Gasteiger partial charge on any atom is 0.223 e. The van der Waals surface area contributed by atoms with Gasteiger partial charge in [-0.05, 0) is 36.1 Å². The summed E-state index contributed by atoms with van der Waals surface area (Å²) in [4.78, 5) is 21.0. The molecule has 0 bridgehead atoms. The largest absolute Gasteiger partial charge is 0.373 e. The predicted octanol–water partition coefficient (Wildman–Crippen LogP) is 2.80. The smallest absolute Gasteiger partial charge is 0.223 e. The van der Waals surface area contributed by atoms with Crippen LogP contribution >= 0.6 is 0 Å². The molecule has 120 valence electrons. The van der Waals surface area contributed by atoms with E-state index in [-0.39, 0.29) is 5.91 Å². The van der Waals surface area contributed by atoms with E-state index in [9.17, 15) is 4.79 Å². The van der Waals surface area contributed by atoms with E-state index < -0.39 is 0 Å².